The first-order chi connectivity index (χ1) is 17.0. The van der Waals surface area contributed by atoms with Gasteiger partial charge in [0.15, 0.2) is 0 Å². The molecule has 0 saturated heterocycles. The Hall–Kier alpha value is -3.91. The summed E-state index contributed by atoms with van der Waals surface area (Å²) >= 11 is 0. The molecule has 1 aliphatic rings. The zero-order chi connectivity index (χ0) is 24.4. The molecule has 0 bridgehead atoms. The van der Waals surface area contributed by atoms with Crippen molar-refractivity contribution in [2.75, 3.05) is 12.4 Å². The van der Waals surface area contributed by atoms with Gasteiger partial charge in [0, 0.05) is 31.5 Å². The van der Waals surface area contributed by atoms with Crippen LogP contribution >= 0.6 is 0 Å². The number of ether oxygens (including phenoxy) is 1. The van der Waals surface area contributed by atoms with Crippen LogP contribution in [-0.4, -0.2) is 32.7 Å². The van der Waals surface area contributed by atoms with Crippen LogP contribution in [0.2, 0.25) is 0 Å². The zero-order valence-corrected chi connectivity index (χ0v) is 20.2. The quantitative estimate of drug-likeness (QED) is 0.379. The van der Waals surface area contributed by atoms with E-state index in [9.17, 15) is 4.79 Å². The van der Waals surface area contributed by atoms with Gasteiger partial charge in [0.25, 0.3) is 0 Å². The number of benzene rings is 2. The van der Waals surface area contributed by atoms with Crippen molar-refractivity contribution in [3.63, 3.8) is 0 Å². The molecule has 1 saturated carbocycles. The first-order valence-corrected chi connectivity index (χ1v) is 11.8. The van der Waals surface area contributed by atoms with Gasteiger partial charge >= 0.3 is 6.03 Å². The molecule has 5 rings (SSSR count). The highest BCUT2D eigenvalue weighted by molar-refractivity contribution is 5.91. The fraction of sp³-hybridized carbons (Fsp3) is 0.296. The standard InChI is InChI=1S/C27H30N6O2/c1-18-24(22-15-28-32(2)16-22)31-33(23-10-5-4-6-11-23)26(18)30-27(34)29-25(20-12-13-20)21-9-7-8-19(14-21)17-35-3/h4-11,14-16,20,25H,12-13,17H2,1-3H3,(H2,29,30,34). The molecule has 2 amide bonds. The molecule has 1 atom stereocenters. The molecule has 8 nitrogen and oxygen atoms in total. The van der Waals surface area contributed by atoms with E-state index in [-0.39, 0.29) is 12.1 Å². The summed E-state index contributed by atoms with van der Waals surface area (Å²) in [6.45, 7) is 2.51. The van der Waals surface area contributed by atoms with Gasteiger partial charge in [0.1, 0.15) is 11.5 Å². The summed E-state index contributed by atoms with van der Waals surface area (Å²) in [5.74, 6) is 1.07. The number of carbonyl (C=O) groups excluding carboxylic acids is 1. The van der Waals surface area contributed by atoms with Crippen LogP contribution in [0.15, 0.2) is 67.0 Å². The Balaban J connectivity index is 1.44. The van der Waals surface area contributed by atoms with Gasteiger partial charge in [-0.05, 0) is 48.9 Å². The number of rotatable bonds is 8. The summed E-state index contributed by atoms with van der Waals surface area (Å²) in [5.41, 5.74) is 5.62. The Morgan fingerprint density at radius 1 is 1.17 bits per heavy atom. The van der Waals surface area contributed by atoms with Gasteiger partial charge in [-0.15, -0.1) is 0 Å². The molecule has 2 N–H and O–H groups in total. The second-order valence-electron chi connectivity index (χ2n) is 9.06. The normalized spacial score (nSPS) is 14.0. The highest BCUT2D eigenvalue weighted by atomic mass is 16.5. The van der Waals surface area contributed by atoms with Crippen LogP contribution in [0, 0.1) is 12.8 Å². The van der Waals surface area contributed by atoms with Crippen LogP contribution in [0.25, 0.3) is 16.9 Å². The lowest BCUT2D eigenvalue weighted by molar-refractivity contribution is 0.185. The lowest BCUT2D eigenvalue weighted by Crippen LogP contribution is -2.34. The topological polar surface area (TPSA) is 86.0 Å². The van der Waals surface area contributed by atoms with Crippen molar-refractivity contribution in [2.24, 2.45) is 13.0 Å². The van der Waals surface area contributed by atoms with E-state index in [1.54, 1.807) is 22.7 Å². The molecule has 1 aliphatic carbocycles. The van der Waals surface area contributed by atoms with E-state index in [1.807, 2.05) is 62.6 Å². The molecule has 8 heteroatoms. The molecular weight excluding hydrogens is 440 g/mol. The summed E-state index contributed by atoms with van der Waals surface area (Å²) in [6.07, 6.45) is 5.91. The number of anilines is 1. The molecule has 2 aromatic heterocycles. The third-order valence-corrected chi connectivity index (χ3v) is 6.33. The number of aromatic nitrogens is 4. The highest BCUT2D eigenvalue weighted by Gasteiger charge is 2.34. The van der Waals surface area contributed by atoms with Gasteiger partial charge in [0.05, 0.1) is 24.5 Å². The number of carbonyl (C=O) groups is 1. The average Bonchev–Trinajstić information content (AvgIpc) is 3.54. The number of nitrogens with zero attached hydrogens (tertiary/aromatic N) is 4. The Labute approximate surface area is 204 Å². The number of hydrogen-bond donors (Lipinski definition) is 2. The third-order valence-electron chi connectivity index (χ3n) is 6.33. The van der Waals surface area contributed by atoms with E-state index >= 15 is 0 Å². The molecule has 4 aromatic rings. The maximum atomic E-state index is 13.3. The van der Waals surface area contributed by atoms with E-state index in [2.05, 4.69) is 27.9 Å². The van der Waals surface area contributed by atoms with Gasteiger partial charge < -0.3 is 10.1 Å². The van der Waals surface area contributed by atoms with Crippen molar-refractivity contribution in [1.82, 2.24) is 24.9 Å². The summed E-state index contributed by atoms with van der Waals surface area (Å²) in [7, 11) is 3.56. The molecule has 180 valence electrons. The number of para-hydroxylation sites is 1. The van der Waals surface area contributed by atoms with Crippen LogP contribution in [0.3, 0.4) is 0 Å². The van der Waals surface area contributed by atoms with Crippen molar-refractivity contribution >= 4 is 11.8 Å². The first kappa shape index (κ1) is 22.9. The van der Waals surface area contributed by atoms with Crippen molar-refractivity contribution in [1.29, 1.82) is 0 Å². The number of nitrogens with one attached hydrogen (secondary N) is 2. The second kappa shape index (κ2) is 9.76. The monoisotopic (exact) mass is 470 g/mol. The Bertz CT molecular complexity index is 1320. The van der Waals surface area contributed by atoms with Crippen molar-refractivity contribution in [2.45, 2.75) is 32.4 Å². The number of aryl methyl sites for hydroxylation is 1. The van der Waals surface area contributed by atoms with E-state index in [4.69, 9.17) is 9.84 Å². The number of hydrogen-bond acceptors (Lipinski definition) is 4. The summed E-state index contributed by atoms with van der Waals surface area (Å²) in [4.78, 5) is 13.3. The van der Waals surface area contributed by atoms with E-state index < -0.39 is 0 Å². The largest absolute Gasteiger partial charge is 0.380 e. The van der Waals surface area contributed by atoms with Gasteiger partial charge in [-0.1, -0.05) is 42.5 Å². The van der Waals surface area contributed by atoms with E-state index in [0.717, 1.165) is 46.5 Å². The maximum Gasteiger partial charge on any atom is 0.320 e. The van der Waals surface area contributed by atoms with Crippen molar-refractivity contribution < 1.29 is 9.53 Å². The molecule has 35 heavy (non-hydrogen) atoms. The number of methoxy groups -OCH3 is 1. The zero-order valence-electron chi connectivity index (χ0n) is 20.2. The molecule has 0 aliphatic heterocycles. The van der Waals surface area contributed by atoms with Crippen LogP contribution in [0.5, 0.6) is 0 Å². The van der Waals surface area contributed by atoms with E-state index in [1.165, 1.54) is 0 Å². The van der Waals surface area contributed by atoms with Gasteiger partial charge in [0.2, 0.25) is 0 Å². The van der Waals surface area contributed by atoms with Gasteiger partial charge in [-0.3, -0.25) is 10.00 Å². The van der Waals surface area contributed by atoms with Crippen LogP contribution in [-0.2, 0) is 18.4 Å². The fourth-order valence-electron chi connectivity index (χ4n) is 4.45. The molecule has 1 fully saturated rings. The third kappa shape index (κ3) is 4.97. The fourth-order valence-corrected chi connectivity index (χ4v) is 4.45. The Morgan fingerprint density at radius 2 is 1.97 bits per heavy atom. The smallest absolute Gasteiger partial charge is 0.320 e. The lowest BCUT2D eigenvalue weighted by Gasteiger charge is -2.20. The Morgan fingerprint density at radius 3 is 2.66 bits per heavy atom. The summed E-state index contributed by atoms with van der Waals surface area (Å²) in [5, 5.41) is 15.4. The molecule has 0 spiro atoms. The molecule has 2 heterocycles. The Kier molecular flexibility index (Phi) is 6.37. The summed E-state index contributed by atoms with van der Waals surface area (Å²) in [6, 6.07) is 17.7. The van der Waals surface area contributed by atoms with Crippen LogP contribution < -0.4 is 10.6 Å². The minimum atomic E-state index is -0.253. The molecule has 2 aromatic carbocycles. The van der Waals surface area contributed by atoms with Crippen molar-refractivity contribution in [3.05, 3.63) is 83.7 Å². The van der Waals surface area contributed by atoms with E-state index in [0.29, 0.717) is 18.3 Å². The maximum absolute atomic E-state index is 13.3. The highest BCUT2D eigenvalue weighted by Crippen LogP contribution is 2.41. The van der Waals surface area contributed by atoms with Gasteiger partial charge in [-0.25, -0.2) is 9.48 Å². The lowest BCUT2D eigenvalue weighted by atomic mass is 10.0. The molecule has 0 radical (unpaired) electrons. The SMILES string of the molecule is COCc1cccc(C(NC(=O)Nc2c(C)c(-c3cnn(C)c3)nn2-c2ccccc2)C2CC2)c1. The minimum absolute atomic E-state index is 0.0574. The summed E-state index contributed by atoms with van der Waals surface area (Å²) < 4.78 is 8.82. The predicted molar refractivity (Wildman–Crippen MR) is 135 cm³/mol. The predicted octanol–water partition coefficient (Wildman–Crippen LogP) is 5.00. The van der Waals surface area contributed by atoms with Crippen LogP contribution in [0.4, 0.5) is 10.6 Å². The molecule has 1 unspecified atom stereocenters. The molecular formula is C27H30N6O2. The van der Waals surface area contributed by atoms with Crippen LogP contribution in [0.1, 0.15) is 35.6 Å². The van der Waals surface area contributed by atoms with Crippen molar-refractivity contribution in [3.8, 4) is 16.9 Å². The number of urea groups is 1. The first-order valence-electron chi connectivity index (χ1n) is 11.8. The number of amides is 2. The second-order valence-corrected chi connectivity index (χ2v) is 9.06. The average molecular weight is 471 g/mol. The minimum Gasteiger partial charge on any atom is -0.380 e. The van der Waals surface area contributed by atoms with Gasteiger partial charge in [-0.2, -0.15) is 10.2 Å².